The number of oxazole rings is 1. The molecule has 0 radical (unpaired) electrons. The smallest absolute Gasteiger partial charge is 0.305 e. The molecular weight excluding hydrogens is 256 g/mol. The van der Waals surface area contributed by atoms with Gasteiger partial charge in [0.1, 0.15) is 5.52 Å². The van der Waals surface area contributed by atoms with Crippen molar-refractivity contribution in [1.29, 1.82) is 0 Å². The molecule has 3 rings (SSSR count). The van der Waals surface area contributed by atoms with Crippen molar-refractivity contribution in [3.8, 4) is 0 Å². The first kappa shape index (κ1) is 11.5. The molecule has 1 atom stereocenters. The second kappa shape index (κ2) is 4.26. The third kappa shape index (κ3) is 1.85. The predicted molar refractivity (Wildman–Crippen MR) is 66.6 cm³/mol. The largest absolute Gasteiger partial charge is 0.423 e. The lowest BCUT2D eigenvalue weighted by Crippen LogP contribution is -2.25. The van der Waals surface area contributed by atoms with Crippen LogP contribution in [-0.4, -0.2) is 29.1 Å². The molecule has 1 amide bonds. The molecule has 1 aliphatic rings. The normalized spacial score (nSPS) is 20.0. The van der Waals surface area contributed by atoms with Crippen LogP contribution in [0, 0.1) is 5.92 Å². The van der Waals surface area contributed by atoms with Gasteiger partial charge in [0, 0.05) is 30.5 Å². The van der Waals surface area contributed by atoms with Crippen LogP contribution in [0.15, 0.2) is 22.6 Å². The molecule has 2 heterocycles. The Hall–Kier alpha value is -1.59. The second-order valence-corrected chi connectivity index (χ2v) is 4.80. The minimum Gasteiger partial charge on any atom is -0.423 e. The van der Waals surface area contributed by atoms with Crippen molar-refractivity contribution in [3.05, 3.63) is 23.2 Å². The van der Waals surface area contributed by atoms with Gasteiger partial charge in [-0.15, -0.1) is 0 Å². The van der Waals surface area contributed by atoms with Crippen molar-refractivity contribution in [2.75, 3.05) is 18.1 Å². The molecule has 6 heteroatoms. The first-order valence-corrected chi connectivity index (χ1v) is 6.02. The maximum absolute atomic E-state index is 11.8. The quantitative estimate of drug-likeness (QED) is 0.900. The van der Waals surface area contributed by atoms with Crippen LogP contribution >= 0.6 is 11.6 Å². The first-order valence-electron chi connectivity index (χ1n) is 5.64. The van der Waals surface area contributed by atoms with E-state index in [1.807, 2.05) is 0 Å². The highest BCUT2D eigenvalue weighted by atomic mass is 35.5. The molecule has 0 saturated carbocycles. The van der Waals surface area contributed by atoms with E-state index in [9.17, 15) is 4.79 Å². The highest BCUT2D eigenvalue weighted by molar-refractivity contribution is 6.31. The molecule has 1 aromatic carbocycles. The summed E-state index contributed by atoms with van der Waals surface area (Å²) in [6.07, 6.45) is 0.329. The third-order valence-electron chi connectivity index (χ3n) is 3.03. The highest BCUT2D eigenvalue weighted by Gasteiger charge is 2.33. The van der Waals surface area contributed by atoms with Crippen molar-refractivity contribution in [2.24, 2.45) is 5.92 Å². The van der Waals surface area contributed by atoms with Crippen LogP contribution in [0.1, 0.15) is 6.42 Å². The molecule has 1 aliphatic heterocycles. The lowest BCUT2D eigenvalue weighted by Gasteiger charge is -2.10. The lowest BCUT2D eigenvalue weighted by atomic mass is 10.1. The minimum atomic E-state index is -0.0771. The summed E-state index contributed by atoms with van der Waals surface area (Å²) in [7, 11) is 0. The van der Waals surface area contributed by atoms with E-state index in [0.717, 1.165) is 0 Å². The fraction of sp³-hybridized carbons (Fsp3) is 0.333. The maximum atomic E-state index is 11.8. The number of anilines is 1. The fourth-order valence-corrected chi connectivity index (χ4v) is 2.26. The van der Waals surface area contributed by atoms with Gasteiger partial charge in [-0.05, 0) is 18.2 Å². The second-order valence-electron chi connectivity index (χ2n) is 4.37. The Morgan fingerprint density at radius 3 is 3.11 bits per heavy atom. The zero-order chi connectivity index (χ0) is 12.7. The minimum absolute atomic E-state index is 0.00566. The van der Waals surface area contributed by atoms with Gasteiger partial charge < -0.3 is 9.52 Å². The number of carbonyl (C=O) groups excluding carboxylic acids is 1. The number of nitrogens with zero attached hydrogens (tertiary/aromatic N) is 2. The molecule has 18 heavy (non-hydrogen) atoms. The molecule has 1 saturated heterocycles. The van der Waals surface area contributed by atoms with Crippen LogP contribution in [0.5, 0.6) is 0 Å². The zero-order valence-corrected chi connectivity index (χ0v) is 10.2. The number of hydrogen-bond donors (Lipinski definition) is 1. The Labute approximate surface area is 108 Å². The Morgan fingerprint density at radius 1 is 1.56 bits per heavy atom. The predicted octanol–water partition coefficient (Wildman–Crippen LogP) is 1.83. The molecule has 0 spiro atoms. The number of hydrogen-bond acceptors (Lipinski definition) is 4. The average molecular weight is 267 g/mol. The van der Waals surface area contributed by atoms with E-state index in [1.165, 1.54) is 4.90 Å². The third-order valence-corrected chi connectivity index (χ3v) is 3.27. The van der Waals surface area contributed by atoms with Crippen LogP contribution in [0.4, 0.5) is 6.01 Å². The number of aliphatic hydroxyl groups is 1. The topological polar surface area (TPSA) is 66.6 Å². The van der Waals surface area contributed by atoms with E-state index in [0.29, 0.717) is 29.1 Å². The van der Waals surface area contributed by atoms with Gasteiger partial charge in [-0.25, -0.2) is 0 Å². The van der Waals surface area contributed by atoms with E-state index in [4.69, 9.17) is 21.1 Å². The first-order chi connectivity index (χ1) is 8.67. The summed E-state index contributed by atoms with van der Waals surface area (Å²) < 4.78 is 5.52. The van der Waals surface area contributed by atoms with Gasteiger partial charge in [-0.1, -0.05) is 11.6 Å². The van der Waals surface area contributed by atoms with Gasteiger partial charge in [0.25, 0.3) is 0 Å². The summed E-state index contributed by atoms with van der Waals surface area (Å²) >= 11 is 5.87. The van der Waals surface area contributed by atoms with Crippen molar-refractivity contribution < 1.29 is 14.3 Å². The Morgan fingerprint density at radius 2 is 2.39 bits per heavy atom. The van der Waals surface area contributed by atoms with Gasteiger partial charge in [0.2, 0.25) is 5.91 Å². The van der Waals surface area contributed by atoms with E-state index < -0.39 is 0 Å². The Bertz CT molecular complexity index is 610. The van der Waals surface area contributed by atoms with Crippen LogP contribution in [0.25, 0.3) is 11.1 Å². The lowest BCUT2D eigenvalue weighted by molar-refractivity contribution is -0.117. The standard InChI is InChI=1S/C12H11ClN2O3/c13-8-1-2-10-9(4-8)14-12(18-10)15-5-7(6-16)3-11(15)17/h1-2,4,7,16H,3,5-6H2. The zero-order valence-electron chi connectivity index (χ0n) is 9.47. The summed E-state index contributed by atoms with van der Waals surface area (Å²) in [6, 6.07) is 5.39. The van der Waals surface area contributed by atoms with Gasteiger partial charge >= 0.3 is 6.01 Å². The van der Waals surface area contributed by atoms with Gasteiger partial charge in [-0.2, -0.15) is 4.98 Å². The molecule has 0 aliphatic carbocycles. The van der Waals surface area contributed by atoms with Crippen LogP contribution in [0.2, 0.25) is 5.02 Å². The number of halogens is 1. The Kier molecular flexibility index (Phi) is 2.72. The van der Waals surface area contributed by atoms with Crippen LogP contribution in [0.3, 0.4) is 0 Å². The SMILES string of the molecule is O=C1CC(CO)CN1c1nc2cc(Cl)ccc2o1. The van der Waals surface area contributed by atoms with E-state index in [2.05, 4.69) is 4.98 Å². The van der Waals surface area contributed by atoms with Crippen molar-refractivity contribution in [2.45, 2.75) is 6.42 Å². The highest BCUT2D eigenvalue weighted by Crippen LogP contribution is 2.28. The molecular formula is C12H11ClN2O3. The molecule has 94 valence electrons. The number of benzene rings is 1. The van der Waals surface area contributed by atoms with Crippen molar-refractivity contribution in [3.63, 3.8) is 0 Å². The summed E-state index contributed by atoms with van der Waals surface area (Å²) in [5, 5.41) is 9.65. The summed E-state index contributed by atoms with van der Waals surface area (Å²) in [4.78, 5) is 17.5. The summed E-state index contributed by atoms with van der Waals surface area (Å²) in [5.74, 6) is -0.122. The number of carbonyl (C=O) groups is 1. The number of aliphatic hydroxyl groups excluding tert-OH is 1. The molecule has 1 fully saturated rings. The number of amides is 1. The molecule has 1 aromatic heterocycles. The van der Waals surface area contributed by atoms with Gasteiger partial charge in [0.15, 0.2) is 5.58 Å². The average Bonchev–Trinajstić information content (AvgIpc) is 2.91. The van der Waals surface area contributed by atoms with Crippen LogP contribution < -0.4 is 4.90 Å². The number of rotatable bonds is 2. The molecule has 5 nitrogen and oxygen atoms in total. The fourth-order valence-electron chi connectivity index (χ4n) is 2.09. The van der Waals surface area contributed by atoms with Crippen LogP contribution in [-0.2, 0) is 4.79 Å². The number of fused-ring (bicyclic) bond motifs is 1. The van der Waals surface area contributed by atoms with Crippen molar-refractivity contribution in [1.82, 2.24) is 4.98 Å². The summed E-state index contributed by atoms with van der Waals surface area (Å²) in [6.45, 7) is 0.435. The Balaban J connectivity index is 1.97. The van der Waals surface area contributed by atoms with E-state index >= 15 is 0 Å². The molecule has 1 unspecified atom stereocenters. The molecule has 2 aromatic rings. The molecule has 0 bridgehead atoms. The summed E-state index contributed by atoms with van der Waals surface area (Å²) in [5.41, 5.74) is 1.22. The van der Waals surface area contributed by atoms with Gasteiger partial charge in [0.05, 0.1) is 0 Å². The van der Waals surface area contributed by atoms with E-state index in [-0.39, 0.29) is 24.4 Å². The van der Waals surface area contributed by atoms with Gasteiger partial charge in [-0.3, -0.25) is 9.69 Å². The monoisotopic (exact) mass is 266 g/mol. The number of aromatic nitrogens is 1. The van der Waals surface area contributed by atoms with E-state index in [1.54, 1.807) is 18.2 Å². The molecule has 1 N–H and O–H groups in total. The maximum Gasteiger partial charge on any atom is 0.305 e. The van der Waals surface area contributed by atoms with Crippen molar-refractivity contribution >= 4 is 34.6 Å².